The lowest BCUT2D eigenvalue weighted by atomic mass is 10.2. The van der Waals surface area contributed by atoms with Crippen molar-refractivity contribution in [1.29, 1.82) is 0 Å². The molecule has 0 aromatic heterocycles. The number of nitro benzene ring substituents is 1. The van der Waals surface area contributed by atoms with Gasteiger partial charge < -0.3 is 4.74 Å². The zero-order valence-electron chi connectivity index (χ0n) is 14.3. The third kappa shape index (κ3) is 6.02. The number of hydrazine groups is 1. The molecule has 10 heteroatoms. The van der Waals surface area contributed by atoms with Gasteiger partial charge in [0, 0.05) is 18.2 Å². The van der Waals surface area contributed by atoms with Crippen molar-refractivity contribution in [1.82, 2.24) is 10.9 Å². The van der Waals surface area contributed by atoms with E-state index >= 15 is 0 Å². The van der Waals surface area contributed by atoms with Crippen LogP contribution in [0.15, 0.2) is 54.6 Å². The molecule has 0 saturated heterocycles. The number of rotatable bonds is 6. The fraction of sp³-hybridized carbons (Fsp3) is 0.0556. The first kappa shape index (κ1) is 20.2. The highest BCUT2D eigenvalue weighted by molar-refractivity contribution is 5.96. The summed E-state index contributed by atoms with van der Waals surface area (Å²) in [7, 11) is 0. The van der Waals surface area contributed by atoms with Gasteiger partial charge in [-0.05, 0) is 35.9 Å². The molecule has 0 aliphatic heterocycles. The van der Waals surface area contributed by atoms with Crippen LogP contribution in [0.3, 0.4) is 0 Å². The topological polar surface area (TPSA) is 128 Å². The minimum absolute atomic E-state index is 0.0890. The Kier molecular flexibility index (Phi) is 6.92. The van der Waals surface area contributed by atoms with Crippen molar-refractivity contribution in [2.24, 2.45) is 0 Å². The Labute approximate surface area is 157 Å². The van der Waals surface area contributed by atoms with E-state index in [4.69, 9.17) is 0 Å². The zero-order valence-corrected chi connectivity index (χ0v) is 14.3. The third-order valence-electron chi connectivity index (χ3n) is 3.30. The van der Waals surface area contributed by atoms with Crippen LogP contribution in [-0.2, 0) is 14.3 Å². The maximum absolute atomic E-state index is 13.4. The monoisotopic (exact) mass is 387 g/mol. The fourth-order valence-electron chi connectivity index (χ4n) is 1.93. The number of carbonyl (C=O) groups excluding carboxylic acids is 3. The van der Waals surface area contributed by atoms with Gasteiger partial charge in [-0.25, -0.2) is 9.18 Å². The fourth-order valence-corrected chi connectivity index (χ4v) is 1.93. The van der Waals surface area contributed by atoms with E-state index in [0.29, 0.717) is 5.56 Å². The van der Waals surface area contributed by atoms with Crippen LogP contribution in [0, 0.1) is 15.9 Å². The van der Waals surface area contributed by atoms with E-state index in [1.165, 1.54) is 48.5 Å². The number of benzene rings is 2. The van der Waals surface area contributed by atoms with Gasteiger partial charge in [-0.15, -0.1) is 0 Å². The van der Waals surface area contributed by atoms with Crippen molar-refractivity contribution in [2.75, 3.05) is 6.61 Å². The minimum Gasteiger partial charge on any atom is -0.452 e. The Bertz CT molecular complexity index is 927. The number of nitrogens with one attached hydrogen (secondary N) is 2. The van der Waals surface area contributed by atoms with Crippen molar-refractivity contribution < 1.29 is 28.4 Å². The molecule has 0 atom stereocenters. The lowest BCUT2D eigenvalue weighted by Gasteiger charge is -2.07. The molecule has 0 aliphatic rings. The minimum atomic E-state index is -0.865. The van der Waals surface area contributed by atoms with Gasteiger partial charge in [-0.1, -0.05) is 12.1 Å². The number of amides is 2. The second-order valence-electron chi connectivity index (χ2n) is 5.27. The summed E-state index contributed by atoms with van der Waals surface area (Å²) in [5, 5.41) is 10.6. The molecule has 0 spiro atoms. The largest absolute Gasteiger partial charge is 0.452 e. The zero-order chi connectivity index (χ0) is 20.5. The van der Waals surface area contributed by atoms with Crippen LogP contribution < -0.4 is 10.9 Å². The summed E-state index contributed by atoms with van der Waals surface area (Å²) in [5.74, 6) is -3.29. The molecule has 2 N–H and O–H groups in total. The molecule has 2 rings (SSSR count). The molecule has 0 saturated carbocycles. The van der Waals surface area contributed by atoms with Crippen LogP contribution in [0.4, 0.5) is 10.1 Å². The van der Waals surface area contributed by atoms with Gasteiger partial charge >= 0.3 is 5.97 Å². The number of hydrogen-bond donors (Lipinski definition) is 2. The molecular weight excluding hydrogens is 373 g/mol. The van der Waals surface area contributed by atoms with Gasteiger partial charge in [0.05, 0.1) is 10.5 Å². The second-order valence-corrected chi connectivity index (χ2v) is 5.27. The Balaban J connectivity index is 1.76. The summed E-state index contributed by atoms with van der Waals surface area (Å²) in [4.78, 5) is 44.8. The van der Waals surface area contributed by atoms with Crippen molar-refractivity contribution in [3.05, 3.63) is 81.7 Å². The molecular formula is C18H14FN3O6. The van der Waals surface area contributed by atoms with E-state index in [9.17, 15) is 28.9 Å². The number of non-ortho nitro benzene ring substituents is 1. The van der Waals surface area contributed by atoms with Gasteiger partial charge in [0.15, 0.2) is 6.61 Å². The number of esters is 1. The Hall–Kier alpha value is -4.08. The van der Waals surface area contributed by atoms with Gasteiger partial charge in [-0.3, -0.25) is 30.6 Å². The quantitative estimate of drug-likeness (QED) is 0.336. The van der Waals surface area contributed by atoms with Crippen LogP contribution in [-0.4, -0.2) is 29.3 Å². The van der Waals surface area contributed by atoms with Crippen LogP contribution in [0.5, 0.6) is 0 Å². The molecule has 0 fully saturated rings. The number of carbonyl (C=O) groups is 3. The molecule has 144 valence electrons. The molecule has 2 aromatic rings. The first-order valence-electron chi connectivity index (χ1n) is 7.80. The highest BCUT2D eigenvalue weighted by atomic mass is 19.1. The van der Waals surface area contributed by atoms with Crippen molar-refractivity contribution in [3.63, 3.8) is 0 Å². The highest BCUT2D eigenvalue weighted by Gasteiger charge is 2.12. The van der Waals surface area contributed by atoms with E-state index in [1.54, 1.807) is 0 Å². The average molecular weight is 387 g/mol. The summed E-state index contributed by atoms with van der Waals surface area (Å²) < 4.78 is 18.1. The molecule has 0 unspecified atom stereocenters. The molecule has 2 aromatic carbocycles. The SMILES string of the molecule is O=C(COC(=O)/C=C/c1ccc([N+](=O)[O-])cc1)NNC(=O)c1ccccc1F. The number of nitro groups is 1. The lowest BCUT2D eigenvalue weighted by Crippen LogP contribution is -2.43. The van der Waals surface area contributed by atoms with Gasteiger partial charge in [0.2, 0.25) is 0 Å². The summed E-state index contributed by atoms with van der Waals surface area (Å²) in [6, 6.07) is 10.6. The number of halogens is 1. The molecule has 9 nitrogen and oxygen atoms in total. The summed E-state index contributed by atoms with van der Waals surface area (Å²) in [6.45, 7) is -0.680. The van der Waals surface area contributed by atoms with Crippen LogP contribution in [0.2, 0.25) is 0 Å². The molecule has 0 aliphatic carbocycles. The van der Waals surface area contributed by atoms with E-state index < -0.39 is 35.1 Å². The van der Waals surface area contributed by atoms with E-state index in [1.807, 2.05) is 10.9 Å². The second kappa shape index (κ2) is 9.57. The van der Waals surface area contributed by atoms with E-state index in [0.717, 1.165) is 12.1 Å². The summed E-state index contributed by atoms with van der Waals surface area (Å²) >= 11 is 0. The van der Waals surface area contributed by atoms with Gasteiger partial charge in [0.1, 0.15) is 5.82 Å². The number of nitrogens with zero attached hydrogens (tertiary/aromatic N) is 1. The first-order valence-corrected chi connectivity index (χ1v) is 7.80. The Morgan fingerprint density at radius 3 is 2.39 bits per heavy atom. The maximum Gasteiger partial charge on any atom is 0.331 e. The number of hydrogen-bond acceptors (Lipinski definition) is 6. The van der Waals surface area contributed by atoms with Crippen LogP contribution >= 0.6 is 0 Å². The average Bonchev–Trinajstić information content (AvgIpc) is 2.69. The lowest BCUT2D eigenvalue weighted by molar-refractivity contribution is -0.384. The smallest absolute Gasteiger partial charge is 0.331 e. The third-order valence-corrected chi connectivity index (χ3v) is 3.30. The van der Waals surface area contributed by atoms with E-state index in [-0.39, 0.29) is 11.3 Å². The Morgan fingerprint density at radius 1 is 1.07 bits per heavy atom. The van der Waals surface area contributed by atoms with Gasteiger partial charge in [0.25, 0.3) is 17.5 Å². The van der Waals surface area contributed by atoms with Crippen molar-refractivity contribution >= 4 is 29.5 Å². The van der Waals surface area contributed by atoms with Crippen LogP contribution in [0.1, 0.15) is 15.9 Å². The highest BCUT2D eigenvalue weighted by Crippen LogP contribution is 2.12. The molecule has 28 heavy (non-hydrogen) atoms. The molecule has 0 radical (unpaired) electrons. The summed E-state index contributed by atoms with van der Waals surface area (Å²) in [6.07, 6.45) is 2.39. The molecule has 0 bridgehead atoms. The van der Waals surface area contributed by atoms with E-state index in [2.05, 4.69) is 4.74 Å². The molecule has 0 heterocycles. The van der Waals surface area contributed by atoms with Crippen molar-refractivity contribution in [3.8, 4) is 0 Å². The molecule has 2 amide bonds. The van der Waals surface area contributed by atoms with Crippen molar-refractivity contribution in [2.45, 2.75) is 0 Å². The number of ether oxygens (including phenoxy) is 1. The maximum atomic E-state index is 13.4. The standard InChI is InChI=1S/C18H14FN3O6/c19-15-4-2-1-3-14(15)18(25)21-20-16(23)11-28-17(24)10-7-12-5-8-13(9-6-12)22(26)27/h1-10H,11H2,(H,20,23)(H,21,25)/b10-7+. The predicted octanol–water partition coefficient (Wildman–Crippen LogP) is 1.75. The van der Waals surface area contributed by atoms with Crippen LogP contribution in [0.25, 0.3) is 6.08 Å². The summed E-state index contributed by atoms with van der Waals surface area (Å²) in [5.41, 5.74) is 4.15. The Morgan fingerprint density at radius 2 is 1.75 bits per heavy atom. The normalized spacial score (nSPS) is 10.3. The van der Waals surface area contributed by atoms with Gasteiger partial charge in [-0.2, -0.15) is 0 Å². The predicted molar refractivity (Wildman–Crippen MR) is 95.1 cm³/mol. The first-order chi connectivity index (χ1) is 13.4.